The van der Waals surface area contributed by atoms with Crippen LogP contribution in [0.15, 0.2) is 59.5 Å². The summed E-state index contributed by atoms with van der Waals surface area (Å²) >= 11 is 0. The number of ether oxygens (including phenoxy) is 1. The fraction of sp³-hybridized carbons (Fsp3) is 0.357. The number of hydrogen-bond acceptors (Lipinski definition) is 7. The van der Waals surface area contributed by atoms with Crippen molar-refractivity contribution in [1.82, 2.24) is 19.2 Å². The van der Waals surface area contributed by atoms with E-state index >= 15 is 0 Å². The summed E-state index contributed by atoms with van der Waals surface area (Å²) in [5.74, 6) is -1.38. The van der Waals surface area contributed by atoms with Gasteiger partial charge >= 0.3 is 5.97 Å². The number of halogens is 1. The molecule has 0 N–H and O–H groups in total. The van der Waals surface area contributed by atoms with Crippen LogP contribution in [0.4, 0.5) is 4.39 Å². The number of piperazine rings is 1. The van der Waals surface area contributed by atoms with E-state index in [9.17, 15) is 22.4 Å². The van der Waals surface area contributed by atoms with Gasteiger partial charge in [-0.2, -0.15) is 4.31 Å². The zero-order valence-electron chi connectivity index (χ0n) is 22.1. The van der Waals surface area contributed by atoms with Gasteiger partial charge in [0.1, 0.15) is 17.1 Å². The van der Waals surface area contributed by atoms with Crippen molar-refractivity contribution in [2.75, 3.05) is 26.2 Å². The highest BCUT2D eigenvalue weighted by Crippen LogP contribution is 2.26. The number of aromatic nitrogens is 2. The molecule has 39 heavy (non-hydrogen) atoms. The molecule has 1 atom stereocenters. The summed E-state index contributed by atoms with van der Waals surface area (Å²) in [6.45, 7) is 5.64. The molecule has 0 radical (unpaired) electrons. The molecule has 2 heterocycles. The lowest BCUT2D eigenvalue weighted by Crippen LogP contribution is -2.55. The number of esters is 1. The highest BCUT2D eigenvalue weighted by atomic mass is 32.2. The molecule has 206 valence electrons. The van der Waals surface area contributed by atoms with Crippen LogP contribution in [0.5, 0.6) is 0 Å². The molecule has 1 aliphatic rings. The molecule has 1 fully saturated rings. The molecule has 11 heteroatoms. The van der Waals surface area contributed by atoms with Crippen molar-refractivity contribution in [2.45, 2.75) is 44.6 Å². The third-order valence-electron chi connectivity index (χ3n) is 6.46. The largest absolute Gasteiger partial charge is 0.462 e. The van der Waals surface area contributed by atoms with Crippen molar-refractivity contribution in [3.63, 3.8) is 0 Å². The first-order chi connectivity index (χ1) is 18.7. The van der Waals surface area contributed by atoms with Gasteiger partial charge in [0.05, 0.1) is 17.2 Å². The average molecular weight is 555 g/mol. The van der Waals surface area contributed by atoms with Crippen LogP contribution >= 0.6 is 0 Å². The Kier molecular flexibility index (Phi) is 8.71. The smallest absolute Gasteiger partial charge is 0.342 e. The number of amides is 1. The average Bonchev–Trinajstić information content (AvgIpc) is 2.93. The van der Waals surface area contributed by atoms with E-state index in [0.29, 0.717) is 29.9 Å². The Morgan fingerprint density at radius 1 is 1.03 bits per heavy atom. The Morgan fingerprint density at radius 3 is 2.33 bits per heavy atom. The molecule has 0 spiro atoms. The molecular weight excluding hydrogens is 523 g/mol. The Labute approximate surface area is 227 Å². The Morgan fingerprint density at radius 2 is 1.72 bits per heavy atom. The first kappa shape index (κ1) is 28.3. The number of rotatable bonds is 8. The second-order valence-corrected chi connectivity index (χ2v) is 11.1. The minimum absolute atomic E-state index is 0.0207. The van der Waals surface area contributed by atoms with Gasteiger partial charge in [-0.25, -0.2) is 27.6 Å². The molecule has 0 bridgehead atoms. The van der Waals surface area contributed by atoms with E-state index in [1.165, 1.54) is 21.3 Å². The summed E-state index contributed by atoms with van der Waals surface area (Å²) in [5, 5.41) is 0. The fourth-order valence-corrected chi connectivity index (χ4v) is 6.20. The Bertz CT molecular complexity index is 1450. The van der Waals surface area contributed by atoms with E-state index in [1.54, 1.807) is 13.8 Å². The van der Waals surface area contributed by atoms with Crippen LogP contribution in [0, 0.1) is 5.82 Å². The van der Waals surface area contributed by atoms with Crippen molar-refractivity contribution in [3.05, 3.63) is 77.4 Å². The van der Waals surface area contributed by atoms with E-state index < -0.39 is 33.8 Å². The van der Waals surface area contributed by atoms with E-state index in [4.69, 9.17) is 4.74 Å². The standard InChI is InChI=1S/C28H31FN4O5S/c1-4-9-23-24(28(35)38-5-2)25(31-26(30-23)20-10-7-6-8-11-20)27(34)32-16-17-33(19(3)18-32)39(36,37)22-14-12-21(29)13-15-22/h6-8,10-15,19H,4-5,9,16-18H2,1-3H3. The van der Waals surface area contributed by atoms with Gasteiger partial charge in [0, 0.05) is 31.2 Å². The highest BCUT2D eigenvalue weighted by Gasteiger charge is 2.37. The van der Waals surface area contributed by atoms with Crippen molar-refractivity contribution in [3.8, 4) is 11.4 Å². The summed E-state index contributed by atoms with van der Waals surface area (Å²) in [7, 11) is -3.90. The highest BCUT2D eigenvalue weighted by molar-refractivity contribution is 7.89. The van der Waals surface area contributed by atoms with Crippen molar-refractivity contribution in [2.24, 2.45) is 0 Å². The number of sulfonamides is 1. The van der Waals surface area contributed by atoms with Crippen LogP contribution < -0.4 is 0 Å². The van der Waals surface area contributed by atoms with Crippen LogP contribution in [0.25, 0.3) is 11.4 Å². The summed E-state index contributed by atoms with van der Waals surface area (Å²) in [6, 6.07) is 13.2. The van der Waals surface area contributed by atoms with Gasteiger partial charge < -0.3 is 9.64 Å². The minimum Gasteiger partial charge on any atom is -0.462 e. The lowest BCUT2D eigenvalue weighted by Gasteiger charge is -2.39. The quantitative estimate of drug-likeness (QED) is 0.388. The molecule has 1 unspecified atom stereocenters. The maximum atomic E-state index is 13.9. The summed E-state index contributed by atoms with van der Waals surface area (Å²) in [4.78, 5) is 37.6. The Hall–Kier alpha value is -3.70. The molecule has 1 saturated heterocycles. The van der Waals surface area contributed by atoms with E-state index in [0.717, 1.165) is 12.1 Å². The van der Waals surface area contributed by atoms with Gasteiger partial charge in [-0.1, -0.05) is 43.7 Å². The van der Waals surface area contributed by atoms with Crippen molar-refractivity contribution >= 4 is 21.9 Å². The molecule has 0 saturated carbocycles. The molecule has 1 amide bonds. The second kappa shape index (κ2) is 12.0. The third kappa shape index (κ3) is 5.99. The van der Waals surface area contributed by atoms with Crippen LogP contribution in [-0.4, -0.2) is 71.8 Å². The van der Waals surface area contributed by atoms with E-state index in [-0.39, 0.29) is 42.4 Å². The lowest BCUT2D eigenvalue weighted by molar-refractivity contribution is 0.0508. The summed E-state index contributed by atoms with van der Waals surface area (Å²) in [6.07, 6.45) is 1.12. The topological polar surface area (TPSA) is 110 Å². The molecule has 9 nitrogen and oxygen atoms in total. The van der Waals surface area contributed by atoms with Gasteiger partial charge in [-0.3, -0.25) is 4.79 Å². The molecule has 0 aliphatic carbocycles. The summed E-state index contributed by atoms with van der Waals surface area (Å²) in [5.41, 5.74) is 1.10. The number of nitrogens with zero attached hydrogens (tertiary/aromatic N) is 4. The summed E-state index contributed by atoms with van der Waals surface area (Å²) < 4.78 is 46.3. The normalized spacial score (nSPS) is 16.2. The monoisotopic (exact) mass is 554 g/mol. The van der Waals surface area contributed by atoms with E-state index in [1.807, 2.05) is 37.3 Å². The van der Waals surface area contributed by atoms with Crippen LogP contribution in [0.1, 0.15) is 53.7 Å². The number of benzene rings is 2. The van der Waals surface area contributed by atoms with Crippen LogP contribution in [0.3, 0.4) is 0 Å². The number of aryl methyl sites for hydroxylation is 1. The molecule has 3 aromatic rings. The molecule has 2 aromatic carbocycles. The third-order valence-corrected chi connectivity index (χ3v) is 8.49. The predicted octanol–water partition coefficient (Wildman–Crippen LogP) is 3.95. The molecule has 4 rings (SSSR count). The van der Waals surface area contributed by atoms with Gasteiger partial charge in [0.2, 0.25) is 10.0 Å². The van der Waals surface area contributed by atoms with E-state index in [2.05, 4.69) is 9.97 Å². The van der Waals surface area contributed by atoms with Crippen molar-refractivity contribution < 1.29 is 27.1 Å². The van der Waals surface area contributed by atoms with Crippen LogP contribution in [0.2, 0.25) is 0 Å². The van der Waals surface area contributed by atoms with Gasteiger partial charge in [0.25, 0.3) is 5.91 Å². The lowest BCUT2D eigenvalue weighted by atomic mass is 10.0. The maximum Gasteiger partial charge on any atom is 0.342 e. The molecular formula is C28H31FN4O5S. The van der Waals surface area contributed by atoms with Crippen molar-refractivity contribution in [1.29, 1.82) is 0 Å². The number of carbonyl (C=O) groups excluding carboxylic acids is 2. The van der Waals surface area contributed by atoms with Gasteiger partial charge in [-0.05, 0) is 44.5 Å². The predicted molar refractivity (Wildman–Crippen MR) is 143 cm³/mol. The zero-order valence-corrected chi connectivity index (χ0v) is 22.9. The SMILES string of the molecule is CCCc1nc(-c2ccccc2)nc(C(=O)N2CCN(S(=O)(=O)c3ccc(F)cc3)C(C)C2)c1C(=O)OCC. The second-order valence-electron chi connectivity index (χ2n) is 9.22. The first-order valence-electron chi connectivity index (χ1n) is 12.9. The van der Waals surface area contributed by atoms with Gasteiger partial charge in [-0.15, -0.1) is 0 Å². The first-order valence-corrected chi connectivity index (χ1v) is 14.3. The Balaban J connectivity index is 1.69. The minimum atomic E-state index is -3.90. The number of carbonyl (C=O) groups is 2. The molecule has 1 aromatic heterocycles. The molecule has 1 aliphatic heterocycles. The fourth-order valence-electron chi connectivity index (χ4n) is 4.59. The zero-order chi connectivity index (χ0) is 28.2. The van der Waals surface area contributed by atoms with Crippen LogP contribution in [-0.2, 0) is 21.2 Å². The van der Waals surface area contributed by atoms with Gasteiger partial charge in [0.15, 0.2) is 5.82 Å². The number of hydrogen-bond donors (Lipinski definition) is 0. The maximum absolute atomic E-state index is 13.9.